The lowest BCUT2D eigenvalue weighted by Gasteiger charge is -2.36. The molecule has 0 aliphatic carbocycles. The van der Waals surface area contributed by atoms with Gasteiger partial charge < -0.3 is 14.5 Å². The van der Waals surface area contributed by atoms with E-state index in [1.807, 2.05) is 31.2 Å². The number of ether oxygens (including phenoxy) is 1. The van der Waals surface area contributed by atoms with Crippen LogP contribution in [-0.2, 0) is 0 Å². The highest BCUT2D eigenvalue weighted by atomic mass is 16.6. The van der Waals surface area contributed by atoms with Crippen molar-refractivity contribution >= 4 is 23.0 Å². The Bertz CT molecular complexity index is 940. The second-order valence-electron chi connectivity index (χ2n) is 6.40. The quantitative estimate of drug-likeness (QED) is 0.540. The van der Waals surface area contributed by atoms with Crippen LogP contribution in [0.25, 0.3) is 0 Å². The van der Waals surface area contributed by atoms with E-state index in [0.717, 1.165) is 29.6 Å². The summed E-state index contributed by atoms with van der Waals surface area (Å²) in [7, 11) is 0. The van der Waals surface area contributed by atoms with E-state index in [4.69, 9.17) is 4.74 Å². The molecule has 1 aliphatic rings. The van der Waals surface area contributed by atoms with Crippen molar-refractivity contribution in [3.63, 3.8) is 0 Å². The molecule has 0 unspecified atom stereocenters. The number of anilines is 1. The van der Waals surface area contributed by atoms with Crippen LogP contribution in [0, 0.1) is 20.2 Å². The van der Waals surface area contributed by atoms with Crippen LogP contribution in [0.1, 0.15) is 17.3 Å². The third-order valence-electron chi connectivity index (χ3n) is 4.69. The van der Waals surface area contributed by atoms with Crippen LogP contribution in [0.3, 0.4) is 0 Å². The average molecular weight is 400 g/mol. The number of benzene rings is 2. The van der Waals surface area contributed by atoms with Crippen LogP contribution < -0.4 is 9.64 Å². The highest BCUT2D eigenvalue weighted by Gasteiger charge is 2.30. The number of nitrogens with zero attached hydrogens (tertiary/aromatic N) is 4. The minimum atomic E-state index is -0.769. The van der Waals surface area contributed by atoms with Crippen LogP contribution in [0.5, 0.6) is 5.75 Å². The SMILES string of the molecule is CCOc1ccccc1N1CCN(C(=O)c2ccc([N+](=O)[O-])cc2[N+](=O)[O-])CC1. The van der Waals surface area contributed by atoms with E-state index < -0.39 is 27.1 Å². The molecule has 29 heavy (non-hydrogen) atoms. The Hall–Kier alpha value is -3.69. The van der Waals surface area contributed by atoms with Gasteiger partial charge in [-0.3, -0.25) is 25.0 Å². The number of para-hydroxylation sites is 2. The minimum absolute atomic E-state index is 0.149. The fourth-order valence-corrected chi connectivity index (χ4v) is 3.28. The molecule has 0 radical (unpaired) electrons. The molecular weight excluding hydrogens is 380 g/mol. The van der Waals surface area contributed by atoms with Crippen molar-refractivity contribution in [1.29, 1.82) is 0 Å². The van der Waals surface area contributed by atoms with Gasteiger partial charge in [0, 0.05) is 32.2 Å². The first kappa shape index (κ1) is 20.1. The Balaban J connectivity index is 1.76. The highest BCUT2D eigenvalue weighted by Crippen LogP contribution is 2.30. The fourth-order valence-electron chi connectivity index (χ4n) is 3.28. The first-order chi connectivity index (χ1) is 13.9. The van der Waals surface area contributed by atoms with Crippen molar-refractivity contribution in [2.75, 3.05) is 37.7 Å². The van der Waals surface area contributed by atoms with Crippen LogP contribution in [0.4, 0.5) is 17.1 Å². The molecule has 2 aromatic carbocycles. The molecule has 0 bridgehead atoms. The lowest BCUT2D eigenvalue weighted by molar-refractivity contribution is -0.394. The highest BCUT2D eigenvalue weighted by molar-refractivity contribution is 5.98. The number of non-ortho nitro benzene ring substituents is 1. The zero-order valence-corrected chi connectivity index (χ0v) is 15.8. The number of carbonyl (C=O) groups excluding carboxylic acids is 1. The van der Waals surface area contributed by atoms with Gasteiger partial charge in [0.2, 0.25) is 0 Å². The van der Waals surface area contributed by atoms with Crippen LogP contribution >= 0.6 is 0 Å². The van der Waals surface area contributed by atoms with E-state index in [0.29, 0.717) is 32.8 Å². The standard InChI is InChI=1S/C19H20N4O6/c1-2-29-18-6-4-3-5-16(18)20-9-11-21(12-10-20)19(24)15-8-7-14(22(25)26)13-17(15)23(27)28/h3-8,13H,2,9-12H2,1H3. The van der Waals surface area contributed by atoms with E-state index in [-0.39, 0.29) is 5.56 Å². The van der Waals surface area contributed by atoms with Crippen LogP contribution in [0.2, 0.25) is 0 Å². The van der Waals surface area contributed by atoms with Gasteiger partial charge in [-0.05, 0) is 25.1 Å². The summed E-state index contributed by atoms with van der Waals surface area (Å²) in [5, 5.41) is 22.2. The smallest absolute Gasteiger partial charge is 0.289 e. The number of carbonyl (C=O) groups is 1. The molecule has 3 rings (SSSR count). The molecule has 1 amide bonds. The van der Waals surface area contributed by atoms with Crippen molar-refractivity contribution in [3.8, 4) is 5.75 Å². The molecule has 0 saturated carbocycles. The largest absolute Gasteiger partial charge is 0.492 e. The maximum atomic E-state index is 12.8. The average Bonchev–Trinajstić information content (AvgIpc) is 2.73. The molecule has 1 saturated heterocycles. The number of piperazine rings is 1. The summed E-state index contributed by atoms with van der Waals surface area (Å²) in [5.41, 5.74) is -0.203. The Morgan fingerprint density at radius 2 is 1.72 bits per heavy atom. The van der Waals surface area contributed by atoms with Gasteiger partial charge in [-0.25, -0.2) is 0 Å². The van der Waals surface area contributed by atoms with E-state index in [1.165, 1.54) is 4.90 Å². The Labute approximate surface area is 166 Å². The van der Waals surface area contributed by atoms with Crippen LogP contribution in [0.15, 0.2) is 42.5 Å². The second kappa shape index (κ2) is 8.55. The molecular formula is C19H20N4O6. The van der Waals surface area contributed by atoms with Gasteiger partial charge in [0.25, 0.3) is 17.3 Å². The van der Waals surface area contributed by atoms with E-state index in [9.17, 15) is 25.0 Å². The number of hydrogen-bond donors (Lipinski definition) is 0. The monoisotopic (exact) mass is 400 g/mol. The molecule has 1 aliphatic heterocycles. The minimum Gasteiger partial charge on any atom is -0.492 e. The number of nitro benzene ring substituents is 2. The van der Waals surface area contributed by atoms with Gasteiger partial charge in [-0.1, -0.05) is 12.1 Å². The van der Waals surface area contributed by atoms with Crippen LogP contribution in [-0.4, -0.2) is 53.4 Å². The van der Waals surface area contributed by atoms with Crippen molar-refractivity contribution in [2.24, 2.45) is 0 Å². The normalized spacial score (nSPS) is 13.8. The van der Waals surface area contributed by atoms with Crippen molar-refractivity contribution in [2.45, 2.75) is 6.92 Å². The van der Waals surface area contributed by atoms with Gasteiger partial charge in [-0.15, -0.1) is 0 Å². The molecule has 0 N–H and O–H groups in total. The molecule has 10 heteroatoms. The molecule has 0 atom stereocenters. The number of hydrogen-bond acceptors (Lipinski definition) is 7. The summed E-state index contributed by atoms with van der Waals surface area (Å²) in [6.07, 6.45) is 0. The molecule has 0 aromatic heterocycles. The van der Waals surface area contributed by atoms with Gasteiger partial charge >= 0.3 is 0 Å². The molecule has 10 nitrogen and oxygen atoms in total. The van der Waals surface area contributed by atoms with E-state index in [2.05, 4.69) is 4.90 Å². The number of amides is 1. The maximum absolute atomic E-state index is 12.8. The number of rotatable bonds is 6. The summed E-state index contributed by atoms with van der Waals surface area (Å²) in [4.78, 5) is 37.1. The van der Waals surface area contributed by atoms with Gasteiger partial charge in [0.05, 0.1) is 28.2 Å². The summed E-state index contributed by atoms with van der Waals surface area (Å²) >= 11 is 0. The Morgan fingerprint density at radius 3 is 2.34 bits per heavy atom. The molecule has 2 aromatic rings. The van der Waals surface area contributed by atoms with Crippen molar-refractivity contribution in [1.82, 2.24) is 4.90 Å². The van der Waals surface area contributed by atoms with Gasteiger partial charge in [-0.2, -0.15) is 0 Å². The predicted molar refractivity (Wildman–Crippen MR) is 105 cm³/mol. The zero-order valence-electron chi connectivity index (χ0n) is 15.8. The van der Waals surface area contributed by atoms with Gasteiger partial charge in [0.1, 0.15) is 11.3 Å². The molecule has 0 spiro atoms. The first-order valence-electron chi connectivity index (χ1n) is 9.11. The fraction of sp³-hybridized carbons (Fsp3) is 0.316. The second-order valence-corrected chi connectivity index (χ2v) is 6.40. The molecule has 152 valence electrons. The molecule has 1 heterocycles. The Kier molecular flexibility index (Phi) is 5.91. The third-order valence-corrected chi connectivity index (χ3v) is 4.69. The van der Waals surface area contributed by atoms with Crippen molar-refractivity contribution < 1.29 is 19.4 Å². The topological polar surface area (TPSA) is 119 Å². The van der Waals surface area contributed by atoms with E-state index >= 15 is 0 Å². The summed E-state index contributed by atoms with van der Waals surface area (Å²) in [5.74, 6) is 0.255. The maximum Gasteiger partial charge on any atom is 0.289 e. The lowest BCUT2D eigenvalue weighted by atomic mass is 10.1. The summed E-state index contributed by atoms with van der Waals surface area (Å²) in [6, 6.07) is 10.7. The molecule has 1 fully saturated rings. The first-order valence-corrected chi connectivity index (χ1v) is 9.11. The third kappa shape index (κ3) is 4.26. The van der Waals surface area contributed by atoms with Crippen molar-refractivity contribution in [3.05, 3.63) is 68.3 Å². The lowest BCUT2D eigenvalue weighted by Crippen LogP contribution is -2.49. The summed E-state index contributed by atoms with van der Waals surface area (Å²) in [6.45, 7) is 4.26. The summed E-state index contributed by atoms with van der Waals surface area (Å²) < 4.78 is 5.65. The van der Waals surface area contributed by atoms with E-state index in [1.54, 1.807) is 0 Å². The number of nitro groups is 2. The predicted octanol–water partition coefficient (Wildman–Crippen LogP) is 2.86. The van der Waals surface area contributed by atoms with Gasteiger partial charge in [0.15, 0.2) is 0 Å². The zero-order chi connectivity index (χ0) is 21.0. The Morgan fingerprint density at radius 1 is 1.03 bits per heavy atom.